The number of fused-ring (bicyclic) bond motifs is 6. The molecule has 6 aliphatic heterocycles. The minimum Gasteiger partial charge on any atom is -0.396 e. The van der Waals surface area contributed by atoms with Crippen LogP contribution in [0.3, 0.4) is 0 Å². The monoisotopic (exact) mass is 1650 g/mol. The van der Waals surface area contributed by atoms with E-state index < -0.39 is 90.3 Å². The topological polar surface area (TPSA) is 308 Å². The molecule has 2 aromatic carbocycles. The third-order valence-electron chi connectivity index (χ3n) is 12.8. The molecule has 10 atom stereocenters. The molecule has 434 valence electrons. The number of ketones is 2. The predicted molar refractivity (Wildman–Crippen MR) is 311 cm³/mol. The number of nitrogens with zero attached hydrogens (tertiary/aromatic N) is 2. The van der Waals surface area contributed by atoms with Crippen molar-refractivity contribution in [1.82, 2.24) is 9.80 Å². The number of aliphatic hydroxyl groups is 5. The number of unbranched alkanes of at least 4 members (excludes halogenated alkanes) is 1. The van der Waals surface area contributed by atoms with E-state index in [1.807, 2.05) is 0 Å². The summed E-state index contributed by atoms with van der Waals surface area (Å²) in [5.41, 5.74) is 0.488. The fourth-order valence-electron chi connectivity index (χ4n) is 8.64. The van der Waals surface area contributed by atoms with Crippen molar-refractivity contribution in [3.63, 3.8) is 0 Å². The third kappa shape index (κ3) is 23.1. The quantitative estimate of drug-likeness (QED) is 0.0774. The van der Waals surface area contributed by atoms with Gasteiger partial charge in [0.25, 0.3) is 0 Å². The molecule has 0 unspecified atom stereocenters. The fraction of sp³-hybridized carbons (Fsp3) is 0.608. The Morgan fingerprint density at radius 2 is 1.06 bits per heavy atom. The van der Waals surface area contributed by atoms with Crippen LogP contribution in [0.2, 0.25) is 0 Å². The van der Waals surface area contributed by atoms with E-state index in [4.69, 9.17) is 38.3 Å². The van der Waals surface area contributed by atoms with Gasteiger partial charge in [-0.3, -0.25) is 19.4 Å². The van der Waals surface area contributed by atoms with Gasteiger partial charge in [-0.15, -0.1) is 0 Å². The molecule has 6 heterocycles. The Balaban J connectivity index is 0.000000270. The van der Waals surface area contributed by atoms with Crippen LogP contribution in [0.1, 0.15) is 103 Å². The van der Waals surface area contributed by atoms with E-state index in [9.17, 15) is 54.9 Å². The van der Waals surface area contributed by atoms with Gasteiger partial charge >= 0.3 is 62.4 Å². The number of esters is 2. The molecule has 0 bridgehead atoms. The number of phenolic OH excluding ortho intramolecular Hbond substituents is 3. The summed E-state index contributed by atoms with van der Waals surface area (Å²) in [5.74, 6) is -3.34. The number of cyclic esters (lactones) is 2. The first kappa shape index (κ1) is 68.1. The molecule has 4 fully saturated rings. The molecule has 2 aromatic rings. The number of epoxide rings is 2. The van der Waals surface area contributed by atoms with Crippen molar-refractivity contribution >= 4 is 98.0 Å². The van der Waals surface area contributed by atoms with Crippen molar-refractivity contribution in [1.29, 1.82) is 0 Å². The summed E-state index contributed by atoms with van der Waals surface area (Å²) in [4.78, 5) is 54.0. The zero-order chi connectivity index (χ0) is 56.6. The number of aliphatic hydroxyl groups excluding tert-OH is 5. The molecule has 0 saturated carbocycles. The standard InChI is InChI=1S/C26H35NO9.C18H20O8.C7H15NO2.I3.I2/c1-16-5-4-6-19(28)24(31)21(30)15-22-25(36-22)18-13-17(14-20(29)23(18)26(32)35-16)34-10-3-2-7-27-8-11-33-12-9-27;1-8-3-2-4-11(20)16(23)13(22)7-14-17(26-14)10-5-9(19)6-12(21)15(10)18(24)25-8;9-5-1-2-8-3-6-10-7-4-8;1-3-2;1-2/h4,6,13-14,16,21-22,24-25,29-31H,2-3,5,7-12,15H2,1H3;2,4-6,8,13-14,16-17,19,21-23H,3,7H2,1H3;9H,1-7H2;;/q;;;-1;/b6-4-;4-2-;;;/t16-,21-,22+,24+,25+;8-,13-,14+,16+,17+;;;/m00.../s1. The van der Waals surface area contributed by atoms with E-state index >= 15 is 0 Å². The number of aromatic hydroxyl groups is 3. The molecule has 0 aliphatic carbocycles. The molecule has 26 heteroatoms. The fourth-order valence-corrected chi connectivity index (χ4v) is 8.64. The van der Waals surface area contributed by atoms with Crippen molar-refractivity contribution in [3.8, 4) is 23.0 Å². The van der Waals surface area contributed by atoms with Crippen LogP contribution in [-0.4, -0.2) is 202 Å². The second kappa shape index (κ2) is 36.2. The van der Waals surface area contributed by atoms with Crippen LogP contribution in [0.5, 0.6) is 23.0 Å². The number of rotatable bonds is 9. The molecular formula is C51H70I5N2O19-. The van der Waals surface area contributed by atoms with Crippen LogP contribution in [0.15, 0.2) is 48.6 Å². The molecule has 8 rings (SSSR count). The number of halogens is 5. The molecule has 6 aliphatic rings. The Bertz CT molecular complexity index is 2240. The Morgan fingerprint density at radius 3 is 1.52 bits per heavy atom. The maximum absolute atomic E-state index is 12.9. The zero-order valence-electron chi connectivity index (χ0n) is 42.7. The second-order valence-electron chi connectivity index (χ2n) is 18.6. The largest absolute Gasteiger partial charge is 0.396 e. The Kier molecular flexibility index (Phi) is 32.1. The summed E-state index contributed by atoms with van der Waals surface area (Å²) in [5, 5.41) is 79.5. The Hall–Kier alpha value is -1.39. The number of morpholine rings is 2. The van der Waals surface area contributed by atoms with Gasteiger partial charge in [0.2, 0.25) is 0 Å². The SMILES string of the molecule is C[C@H]1C/C=C\C(=O)[C@@H](O)[C@@H](O)C[C@H]2O[C@@H]2c2cc(O)cc(O)c2C(=O)O1.C[C@H]1C/C=C\C(=O)[C@@H](O)[C@@H](O)C[C@H]2O[C@@H]2c2cc(OCCCCN3CCOCC3)cc(O)c2C(=O)O1.II.I[I-]I.OCCCN1CCOCC1. The van der Waals surface area contributed by atoms with Crippen molar-refractivity contribution in [2.75, 3.05) is 78.9 Å². The van der Waals surface area contributed by atoms with Gasteiger partial charge < -0.3 is 74.0 Å². The molecular weight excluding hydrogens is 1580 g/mol. The van der Waals surface area contributed by atoms with E-state index in [-0.39, 0.29) is 53.9 Å². The number of hydrogen-bond donors (Lipinski definition) is 8. The van der Waals surface area contributed by atoms with Crippen LogP contribution < -0.4 is 18.0 Å². The van der Waals surface area contributed by atoms with Crippen LogP contribution in [-0.2, 0) is 38.0 Å². The first-order valence-corrected chi connectivity index (χ1v) is 44.0. The Morgan fingerprint density at radius 1 is 0.636 bits per heavy atom. The van der Waals surface area contributed by atoms with Gasteiger partial charge in [0, 0.05) is 126 Å². The van der Waals surface area contributed by atoms with Crippen LogP contribution >= 0.6 is 74.5 Å². The van der Waals surface area contributed by atoms with E-state index in [0.29, 0.717) is 37.8 Å². The Labute approximate surface area is 501 Å². The van der Waals surface area contributed by atoms with E-state index in [1.165, 1.54) is 30.4 Å². The number of carbonyl (C=O) groups excluding carboxylic acids is 4. The van der Waals surface area contributed by atoms with Gasteiger partial charge in [-0.2, -0.15) is 0 Å². The van der Waals surface area contributed by atoms with Crippen molar-refractivity contribution < 1.29 is 106 Å². The van der Waals surface area contributed by atoms with Gasteiger partial charge in [-0.05, 0) is 63.9 Å². The number of carbonyl (C=O) groups is 4. The molecule has 0 spiro atoms. The molecule has 0 amide bonds. The van der Waals surface area contributed by atoms with Gasteiger partial charge in [-0.25, -0.2) is 9.59 Å². The van der Waals surface area contributed by atoms with Gasteiger partial charge in [0.15, 0.2) is 11.6 Å². The molecule has 77 heavy (non-hydrogen) atoms. The van der Waals surface area contributed by atoms with Crippen LogP contribution in [0.25, 0.3) is 0 Å². The number of hydrogen-bond acceptors (Lipinski definition) is 21. The number of phenols is 3. The zero-order valence-corrected chi connectivity index (χ0v) is 53.5. The van der Waals surface area contributed by atoms with Crippen LogP contribution in [0, 0.1) is 0 Å². The van der Waals surface area contributed by atoms with Crippen LogP contribution in [0.4, 0.5) is 0 Å². The molecule has 0 aromatic heterocycles. The number of ether oxygens (including phenoxy) is 7. The average molecular weight is 1650 g/mol. The normalized spacial score (nSPS) is 28.7. The second-order valence-corrected chi connectivity index (χ2v) is 34.9. The minimum absolute atomic E-state index is 0.0102. The maximum atomic E-state index is 12.9. The van der Waals surface area contributed by atoms with Gasteiger partial charge in [0.05, 0.1) is 57.5 Å². The van der Waals surface area contributed by atoms with Gasteiger partial charge in [-0.1, -0.05) is 12.2 Å². The molecule has 0 radical (unpaired) electrons. The molecule has 21 nitrogen and oxygen atoms in total. The maximum Gasteiger partial charge on any atom is 0.0594 e. The van der Waals surface area contributed by atoms with Crippen molar-refractivity contribution in [3.05, 3.63) is 70.8 Å². The van der Waals surface area contributed by atoms with E-state index in [2.05, 4.69) is 84.3 Å². The first-order valence-electron chi connectivity index (χ1n) is 25.1. The summed E-state index contributed by atoms with van der Waals surface area (Å²) in [6, 6.07) is 5.35. The summed E-state index contributed by atoms with van der Waals surface area (Å²) in [7, 11) is 0. The van der Waals surface area contributed by atoms with Crippen molar-refractivity contribution in [2.24, 2.45) is 0 Å². The van der Waals surface area contributed by atoms with Crippen molar-refractivity contribution in [2.45, 2.75) is 120 Å². The molecule has 8 N–H and O–H groups in total. The van der Waals surface area contributed by atoms with Gasteiger partial charge in [0.1, 0.15) is 70.7 Å². The third-order valence-corrected chi connectivity index (χ3v) is 12.8. The summed E-state index contributed by atoms with van der Waals surface area (Å²) < 4.78 is 38.3. The number of benzene rings is 2. The van der Waals surface area contributed by atoms with E-state index in [0.717, 1.165) is 97.1 Å². The first-order chi connectivity index (χ1) is 36.9. The summed E-state index contributed by atoms with van der Waals surface area (Å²) in [6.07, 6.45) is -1.16. The summed E-state index contributed by atoms with van der Waals surface area (Å²) >= 11 is 9.54. The smallest absolute Gasteiger partial charge is 0.0594 e. The summed E-state index contributed by atoms with van der Waals surface area (Å²) in [6.45, 7) is 13.2. The minimum atomic E-state index is -1.59. The van der Waals surface area contributed by atoms with E-state index in [1.54, 1.807) is 19.9 Å². The average Bonchev–Trinajstić information content (AvgIpc) is 4.35. The predicted octanol–water partition coefficient (Wildman–Crippen LogP) is 2.48. The molecule has 4 saturated heterocycles.